The molecule has 0 spiro atoms. The van der Waals surface area contributed by atoms with Gasteiger partial charge in [-0.25, -0.2) is 9.59 Å². The Kier molecular flexibility index (Phi) is 8.27. The number of carbonyl (C=O) groups excluding carboxylic acids is 3. The van der Waals surface area contributed by atoms with Crippen molar-refractivity contribution in [2.45, 2.75) is 6.92 Å². The van der Waals surface area contributed by atoms with Gasteiger partial charge in [0.05, 0.1) is 12.2 Å². The van der Waals surface area contributed by atoms with Crippen molar-refractivity contribution in [2.24, 2.45) is 0 Å². The minimum absolute atomic E-state index is 0.0554. The maximum absolute atomic E-state index is 12.5. The van der Waals surface area contributed by atoms with Crippen LogP contribution in [-0.4, -0.2) is 29.4 Å². The Hall–Kier alpha value is -4.55. The molecule has 0 aliphatic carbocycles. The summed E-state index contributed by atoms with van der Waals surface area (Å²) in [4.78, 5) is 35.7. The Morgan fingerprint density at radius 1 is 0.771 bits per heavy atom. The topological polar surface area (TPSA) is 89.9 Å². The maximum Gasteiger partial charge on any atom is 0.341 e. The Morgan fingerprint density at radius 3 is 1.77 bits per heavy atom. The van der Waals surface area contributed by atoms with E-state index < -0.39 is 18.5 Å². The van der Waals surface area contributed by atoms with Crippen LogP contribution in [0.3, 0.4) is 0 Å². The number of carbonyl (C=O) groups is 3. The average molecular weight is 469 g/mol. The van der Waals surface area contributed by atoms with Crippen LogP contribution in [0, 0.1) is 0 Å². The number of esters is 2. The minimum Gasteiger partial charge on any atom is -0.423 e. The second-order valence-corrected chi connectivity index (χ2v) is 7.69. The van der Waals surface area contributed by atoms with Gasteiger partial charge in [0.2, 0.25) is 0 Å². The second kappa shape index (κ2) is 11.5. The second-order valence-electron chi connectivity index (χ2n) is 7.69. The SMILES string of the molecule is C=C(C)C(=O)Oc1ccc(-c2ccc(/C=C/C(=O)c3ccc(OC(=O)C(=C)CO)cc3)cc2)cc1. The molecule has 0 amide bonds. The number of rotatable bonds is 9. The molecular formula is C29H24O6. The maximum atomic E-state index is 12.5. The summed E-state index contributed by atoms with van der Waals surface area (Å²) in [5.41, 5.74) is 3.49. The Bertz CT molecular complexity index is 1280. The van der Waals surface area contributed by atoms with Gasteiger partial charge in [0.1, 0.15) is 11.5 Å². The molecule has 3 rings (SSSR count). The molecule has 3 aromatic rings. The quantitative estimate of drug-likeness (QED) is 0.201. The van der Waals surface area contributed by atoms with E-state index in [0.29, 0.717) is 16.9 Å². The molecule has 0 radical (unpaired) electrons. The summed E-state index contributed by atoms with van der Waals surface area (Å²) < 4.78 is 10.3. The first-order valence-electron chi connectivity index (χ1n) is 10.7. The van der Waals surface area contributed by atoms with Gasteiger partial charge < -0.3 is 14.6 Å². The average Bonchev–Trinajstić information content (AvgIpc) is 2.87. The van der Waals surface area contributed by atoms with E-state index in [1.165, 1.54) is 18.2 Å². The van der Waals surface area contributed by atoms with Gasteiger partial charge in [0.15, 0.2) is 5.78 Å². The van der Waals surface area contributed by atoms with Gasteiger partial charge in [-0.3, -0.25) is 4.79 Å². The number of hydrogen-bond donors (Lipinski definition) is 1. The molecule has 0 aliphatic heterocycles. The van der Waals surface area contributed by atoms with Gasteiger partial charge in [-0.05, 0) is 66.1 Å². The fourth-order valence-electron chi connectivity index (χ4n) is 2.90. The van der Waals surface area contributed by atoms with Crippen molar-refractivity contribution >= 4 is 23.8 Å². The highest BCUT2D eigenvalue weighted by Gasteiger charge is 2.10. The van der Waals surface area contributed by atoms with E-state index in [1.54, 1.807) is 37.3 Å². The molecule has 6 heteroatoms. The van der Waals surface area contributed by atoms with Gasteiger partial charge in [-0.2, -0.15) is 0 Å². The van der Waals surface area contributed by atoms with Crippen LogP contribution in [0.2, 0.25) is 0 Å². The molecule has 1 N–H and O–H groups in total. The molecule has 0 atom stereocenters. The number of ketones is 1. The lowest BCUT2D eigenvalue weighted by molar-refractivity contribution is -0.131. The molecule has 0 saturated heterocycles. The Morgan fingerprint density at radius 2 is 1.26 bits per heavy atom. The summed E-state index contributed by atoms with van der Waals surface area (Å²) in [6.45, 7) is 8.07. The first-order chi connectivity index (χ1) is 16.8. The normalized spacial score (nSPS) is 10.6. The van der Waals surface area contributed by atoms with Crippen LogP contribution in [0.1, 0.15) is 22.8 Å². The van der Waals surface area contributed by atoms with Crippen LogP contribution in [-0.2, 0) is 9.59 Å². The predicted molar refractivity (Wildman–Crippen MR) is 134 cm³/mol. The molecule has 176 valence electrons. The number of allylic oxidation sites excluding steroid dienone is 1. The summed E-state index contributed by atoms with van der Waals surface area (Å²) in [5.74, 6) is -0.694. The third kappa shape index (κ3) is 6.96. The molecule has 35 heavy (non-hydrogen) atoms. The van der Waals surface area contributed by atoms with Crippen molar-refractivity contribution in [1.82, 2.24) is 0 Å². The van der Waals surface area contributed by atoms with Crippen LogP contribution in [0.4, 0.5) is 0 Å². The fraction of sp³-hybridized carbons (Fsp3) is 0.0690. The summed E-state index contributed by atoms with van der Waals surface area (Å²) in [6, 6.07) is 20.9. The van der Waals surface area contributed by atoms with Crippen LogP contribution < -0.4 is 9.47 Å². The molecule has 0 aliphatic rings. The van der Waals surface area contributed by atoms with Crippen molar-refractivity contribution < 1.29 is 29.0 Å². The predicted octanol–water partition coefficient (Wildman–Crippen LogP) is 5.19. The highest BCUT2D eigenvalue weighted by Crippen LogP contribution is 2.24. The van der Waals surface area contributed by atoms with Crippen molar-refractivity contribution in [3.8, 4) is 22.6 Å². The van der Waals surface area contributed by atoms with Crippen molar-refractivity contribution in [3.63, 3.8) is 0 Å². The number of hydrogen-bond acceptors (Lipinski definition) is 6. The summed E-state index contributed by atoms with van der Waals surface area (Å²) in [7, 11) is 0. The molecule has 0 bridgehead atoms. The van der Waals surface area contributed by atoms with Gasteiger partial charge in [0.25, 0.3) is 0 Å². The molecule has 0 aromatic heterocycles. The Balaban J connectivity index is 1.60. The highest BCUT2D eigenvalue weighted by atomic mass is 16.5. The van der Waals surface area contributed by atoms with Crippen molar-refractivity contribution in [3.05, 3.63) is 114 Å². The molecular weight excluding hydrogens is 444 g/mol. The molecule has 0 fully saturated rings. The third-order valence-electron chi connectivity index (χ3n) is 4.91. The van der Waals surface area contributed by atoms with Crippen molar-refractivity contribution in [1.29, 1.82) is 0 Å². The number of aliphatic hydroxyl groups is 1. The van der Waals surface area contributed by atoms with E-state index in [-0.39, 0.29) is 17.1 Å². The molecule has 6 nitrogen and oxygen atoms in total. The third-order valence-corrected chi connectivity index (χ3v) is 4.91. The van der Waals surface area contributed by atoms with E-state index in [1.807, 2.05) is 36.4 Å². The van der Waals surface area contributed by atoms with Gasteiger partial charge in [-0.15, -0.1) is 0 Å². The Labute approximate surface area is 203 Å². The van der Waals surface area contributed by atoms with Crippen LogP contribution >= 0.6 is 0 Å². The molecule has 0 saturated carbocycles. The number of benzene rings is 3. The lowest BCUT2D eigenvalue weighted by atomic mass is 10.0. The van der Waals surface area contributed by atoms with E-state index in [2.05, 4.69) is 13.2 Å². The van der Waals surface area contributed by atoms with E-state index in [9.17, 15) is 14.4 Å². The first-order valence-corrected chi connectivity index (χ1v) is 10.7. The zero-order valence-electron chi connectivity index (χ0n) is 19.2. The smallest absolute Gasteiger partial charge is 0.341 e. The lowest BCUT2D eigenvalue weighted by Crippen LogP contribution is -2.12. The largest absolute Gasteiger partial charge is 0.423 e. The van der Waals surface area contributed by atoms with Crippen molar-refractivity contribution in [2.75, 3.05) is 6.61 Å². The highest BCUT2D eigenvalue weighted by molar-refractivity contribution is 6.07. The van der Waals surface area contributed by atoms with Crippen LogP contribution in [0.5, 0.6) is 11.5 Å². The minimum atomic E-state index is -0.725. The summed E-state index contributed by atoms with van der Waals surface area (Å²) >= 11 is 0. The molecule has 0 heterocycles. The summed E-state index contributed by atoms with van der Waals surface area (Å²) in [6.07, 6.45) is 3.18. The van der Waals surface area contributed by atoms with E-state index in [4.69, 9.17) is 14.6 Å². The van der Waals surface area contributed by atoms with E-state index in [0.717, 1.165) is 16.7 Å². The number of ether oxygens (including phenoxy) is 2. The number of aliphatic hydroxyl groups excluding tert-OH is 1. The monoisotopic (exact) mass is 468 g/mol. The standard InChI is InChI=1S/C29H24O6/c1-19(2)28(32)34-25-13-9-23(10-14-25)22-7-4-21(5-8-22)6-17-27(31)24-11-15-26(16-12-24)35-29(33)20(3)18-30/h4-17,30H,1,3,18H2,2H3/b17-6+. The van der Waals surface area contributed by atoms with Gasteiger partial charge in [0, 0.05) is 11.1 Å². The zero-order chi connectivity index (χ0) is 25.4. The summed E-state index contributed by atoms with van der Waals surface area (Å²) in [5, 5.41) is 8.91. The van der Waals surface area contributed by atoms with Crippen LogP contribution in [0.15, 0.2) is 103 Å². The lowest BCUT2D eigenvalue weighted by Gasteiger charge is -2.06. The van der Waals surface area contributed by atoms with Crippen LogP contribution in [0.25, 0.3) is 17.2 Å². The molecule has 0 unspecified atom stereocenters. The molecule has 3 aromatic carbocycles. The van der Waals surface area contributed by atoms with Gasteiger partial charge >= 0.3 is 11.9 Å². The zero-order valence-corrected chi connectivity index (χ0v) is 19.2. The van der Waals surface area contributed by atoms with Gasteiger partial charge in [-0.1, -0.05) is 55.6 Å². The first kappa shape index (κ1) is 25.1. The fourth-order valence-corrected chi connectivity index (χ4v) is 2.90. The van der Waals surface area contributed by atoms with E-state index >= 15 is 0 Å².